The summed E-state index contributed by atoms with van der Waals surface area (Å²) in [5.74, 6) is -1.69. The predicted molar refractivity (Wildman–Crippen MR) is 136 cm³/mol. The summed E-state index contributed by atoms with van der Waals surface area (Å²) >= 11 is 5.79. The van der Waals surface area contributed by atoms with E-state index in [1.165, 1.54) is 0 Å². The molecule has 2 aliphatic heterocycles. The van der Waals surface area contributed by atoms with Crippen molar-refractivity contribution in [1.29, 1.82) is 0 Å². The molecule has 2 aliphatic rings. The molecule has 1 fully saturated rings. The van der Waals surface area contributed by atoms with Gasteiger partial charge in [-0.2, -0.15) is 0 Å². The lowest BCUT2D eigenvalue weighted by Gasteiger charge is -2.43. The molecule has 0 aromatic heterocycles. The van der Waals surface area contributed by atoms with Crippen LogP contribution in [0.5, 0.6) is 5.75 Å². The molecular formula is C27H31ClF2N2O7. The topological polar surface area (TPSA) is 101 Å². The predicted octanol–water partition coefficient (Wildman–Crippen LogP) is 5.42. The Balaban J connectivity index is 1.26. The Labute approximate surface area is 229 Å². The van der Waals surface area contributed by atoms with Gasteiger partial charge in [-0.1, -0.05) is 41.9 Å². The van der Waals surface area contributed by atoms with Crippen molar-refractivity contribution in [2.24, 2.45) is 0 Å². The van der Waals surface area contributed by atoms with Crippen LogP contribution in [0.1, 0.15) is 36.8 Å². The van der Waals surface area contributed by atoms with E-state index in [1.54, 1.807) is 4.90 Å². The molecule has 2 aromatic rings. The van der Waals surface area contributed by atoms with Crippen LogP contribution in [0, 0.1) is 11.6 Å². The largest absolute Gasteiger partial charge is 0.489 e. The summed E-state index contributed by atoms with van der Waals surface area (Å²) in [6.07, 6.45) is 4.59. The molecule has 4 rings (SSSR count). The second-order valence-corrected chi connectivity index (χ2v) is 9.67. The van der Waals surface area contributed by atoms with Crippen LogP contribution in [0.4, 0.5) is 13.6 Å². The van der Waals surface area contributed by atoms with E-state index in [1.807, 2.05) is 30.3 Å². The van der Waals surface area contributed by atoms with Gasteiger partial charge < -0.3 is 14.2 Å². The maximum atomic E-state index is 13.8. The van der Waals surface area contributed by atoms with Gasteiger partial charge >= 0.3 is 6.09 Å². The average molecular weight is 569 g/mol. The summed E-state index contributed by atoms with van der Waals surface area (Å²) in [6, 6.07) is 9.71. The van der Waals surface area contributed by atoms with E-state index in [-0.39, 0.29) is 48.1 Å². The van der Waals surface area contributed by atoms with Gasteiger partial charge in [0.2, 0.25) is 0 Å². The molecule has 2 heterocycles. The number of benzene rings is 2. The number of morpholine rings is 1. The summed E-state index contributed by atoms with van der Waals surface area (Å²) in [4.78, 5) is 19.0. The molecule has 2 unspecified atom stereocenters. The molecule has 0 radical (unpaired) electrons. The number of carbonyl (C=O) groups is 1. The Morgan fingerprint density at radius 3 is 2.51 bits per heavy atom. The summed E-state index contributed by atoms with van der Waals surface area (Å²) in [7, 11) is 0. The fourth-order valence-electron chi connectivity index (χ4n) is 4.66. The fraction of sp³-hybridized carbons (Fsp3) is 0.444. The van der Waals surface area contributed by atoms with Gasteiger partial charge in [0.1, 0.15) is 10.8 Å². The van der Waals surface area contributed by atoms with Gasteiger partial charge in [-0.05, 0) is 60.9 Å². The molecule has 0 saturated carbocycles. The normalized spacial score (nSPS) is 18.7. The number of halogens is 3. The number of rotatable bonds is 12. The average Bonchev–Trinajstić information content (AvgIpc) is 2.91. The van der Waals surface area contributed by atoms with Gasteiger partial charge in [-0.15, -0.1) is 0 Å². The molecule has 212 valence electrons. The zero-order chi connectivity index (χ0) is 27.8. The van der Waals surface area contributed by atoms with Gasteiger partial charge in [0, 0.05) is 0 Å². The molecule has 1 amide bonds. The molecule has 2 N–H and O–H groups in total. The number of hydrogen-bond donors (Lipinski definition) is 2. The monoisotopic (exact) mass is 568 g/mol. The Bertz CT molecular complexity index is 1150. The Morgan fingerprint density at radius 1 is 1.03 bits per heavy atom. The fourth-order valence-corrected chi connectivity index (χ4v) is 4.86. The maximum Gasteiger partial charge on any atom is 0.410 e. The van der Waals surface area contributed by atoms with Gasteiger partial charge in [0.15, 0.2) is 11.6 Å². The van der Waals surface area contributed by atoms with Crippen molar-refractivity contribution in [3.63, 3.8) is 0 Å². The Hall–Kier alpha value is -2.80. The smallest absolute Gasteiger partial charge is 0.410 e. The first kappa shape index (κ1) is 29.2. The van der Waals surface area contributed by atoms with Gasteiger partial charge in [0.05, 0.1) is 50.5 Å². The summed E-state index contributed by atoms with van der Waals surface area (Å²) in [5.41, 5.74) is 3.28. The lowest BCUT2D eigenvalue weighted by Crippen LogP contribution is -2.56. The minimum Gasteiger partial charge on any atom is -0.489 e. The van der Waals surface area contributed by atoms with Crippen LogP contribution >= 0.6 is 11.6 Å². The highest BCUT2D eigenvalue weighted by molar-refractivity contribution is 6.32. The van der Waals surface area contributed by atoms with E-state index in [0.717, 1.165) is 28.8 Å². The van der Waals surface area contributed by atoms with Crippen molar-refractivity contribution in [3.8, 4) is 5.75 Å². The van der Waals surface area contributed by atoms with Crippen molar-refractivity contribution in [2.75, 3.05) is 33.0 Å². The third-order valence-corrected chi connectivity index (χ3v) is 6.92. The minimum absolute atomic E-state index is 0.0930. The molecule has 1 saturated heterocycles. The number of ether oxygens (including phenoxy) is 3. The van der Waals surface area contributed by atoms with Crippen LogP contribution in [-0.2, 0) is 20.7 Å². The third kappa shape index (κ3) is 7.87. The zero-order valence-corrected chi connectivity index (χ0v) is 22.0. The van der Waals surface area contributed by atoms with Gasteiger partial charge in [0.25, 0.3) is 0 Å². The molecular weight excluding hydrogens is 538 g/mol. The summed E-state index contributed by atoms with van der Waals surface area (Å²) in [5, 5.41) is 16.3. The van der Waals surface area contributed by atoms with Gasteiger partial charge in [-0.3, -0.25) is 20.2 Å². The standard InChI is InChI=1S/C27H31ClF2N2O7/c28-25-23(29)9-10-24(30)26(25)37-12-3-4-18-5-7-19(8-6-18)20-14-21-16-36-17-22(15-20)31(21)27(33)38-11-1-2-13-39-32(34)35/h5-10,14,21-22,34-35H,1-4,11-13,15-17H2. The number of hydrogen-bond acceptors (Lipinski definition) is 8. The van der Waals surface area contributed by atoms with Crippen LogP contribution in [0.15, 0.2) is 42.5 Å². The van der Waals surface area contributed by atoms with Crippen molar-refractivity contribution < 1.29 is 43.0 Å². The molecule has 0 aliphatic carbocycles. The number of aryl methyl sites for hydroxylation is 1. The highest BCUT2D eigenvalue weighted by atomic mass is 35.5. The lowest BCUT2D eigenvalue weighted by molar-refractivity contribution is -0.492. The van der Waals surface area contributed by atoms with Crippen LogP contribution in [0.2, 0.25) is 5.02 Å². The number of nitrogens with zero attached hydrogens (tertiary/aromatic N) is 2. The SMILES string of the molecule is O=C(OCCCCON(O)O)N1C2C=C(c3ccc(CCCOc4c(F)ccc(F)c4Cl)cc3)CC1COC2. The Kier molecular flexibility index (Phi) is 10.5. The number of unbranched alkanes of at least 4 members (excludes halogenated alkanes) is 1. The minimum atomic E-state index is -0.724. The van der Waals surface area contributed by atoms with Crippen LogP contribution in [-0.4, -0.2) is 71.9 Å². The second kappa shape index (κ2) is 14.0. The molecule has 39 heavy (non-hydrogen) atoms. The molecule has 2 atom stereocenters. The second-order valence-electron chi connectivity index (χ2n) is 9.29. The maximum absolute atomic E-state index is 13.8. The number of carbonyl (C=O) groups excluding carboxylic acids is 1. The molecule has 2 aromatic carbocycles. The van der Waals surface area contributed by atoms with Crippen LogP contribution in [0.3, 0.4) is 0 Å². The highest BCUT2D eigenvalue weighted by Gasteiger charge is 2.39. The van der Waals surface area contributed by atoms with E-state index < -0.39 is 17.7 Å². The van der Waals surface area contributed by atoms with E-state index in [0.29, 0.717) is 45.3 Å². The highest BCUT2D eigenvalue weighted by Crippen LogP contribution is 2.33. The first-order valence-corrected chi connectivity index (χ1v) is 13.1. The molecule has 2 bridgehead atoms. The molecule has 0 spiro atoms. The zero-order valence-electron chi connectivity index (χ0n) is 21.2. The van der Waals surface area contributed by atoms with E-state index in [2.05, 4.69) is 4.84 Å². The third-order valence-electron chi connectivity index (χ3n) is 6.56. The van der Waals surface area contributed by atoms with E-state index >= 15 is 0 Å². The van der Waals surface area contributed by atoms with Crippen LogP contribution < -0.4 is 4.74 Å². The van der Waals surface area contributed by atoms with E-state index in [4.69, 9.17) is 36.2 Å². The summed E-state index contributed by atoms with van der Waals surface area (Å²) < 4.78 is 43.9. The van der Waals surface area contributed by atoms with Crippen LogP contribution in [0.25, 0.3) is 5.57 Å². The number of fused-ring (bicyclic) bond motifs is 2. The lowest BCUT2D eigenvalue weighted by atomic mass is 9.89. The van der Waals surface area contributed by atoms with Crippen molar-refractivity contribution >= 4 is 23.3 Å². The quantitative estimate of drug-likeness (QED) is 0.199. The van der Waals surface area contributed by atoms with Crippen molar-refractivity contribution in [1.82, 2.24) is 10.3 Å². The van der Waals surface area contributed by atoms with Crippen molar-refractivity contribution in [3.05, 3.63) is 70.3 Å². The van der Waals surface area contributed by atoms with Gasteiger partial charge in [-0.25, -0.2) is 13.6 Å². The molecule has 9 nitrogen and oxygen atoms in total. The van der Waals surface area contributed by atoms with E-state index in [9.17, 15) is 13.6 Å². The first-order valence-electron chi connectivity index (χ1n) is 12.7. The Morgan fingerprint density at radius 2 is 1.77 bits per heavy atom. The first-order chi connectivity index (χ1) is 18.8. The number of amides is 1. The summed E-state index contributed by atoms with van der Waals surface area (Å²) in [6.45, 7) is 1.30. The van der Waals surface area contributed by atoms with Crippen molar-refractivity contribution in [2.45, 2.75) is 44.2 Å². The molecule has 12 heteroatoms.